The molecule has 0 amide bonds. The van der Waals surface area contributed by atoms with E-state index in [0.29, 0.717) is 19.0 Å². The third-order valence-corrected chi connectivity index (χ3v) is 8.12. The van der Waals surface area contributed by atoms with Crippen LogP contribution in [0.15, 0.2) is 48.5 Å². The molecule has 0 radical (unpaired) electrons. The molecule has 0 aromatic heterocycles. The molecule has 2 aromatic rings. The maximum Gasteiger partial charge on any atom is 0.187 e. The van der Waals surface area contributed by atoms with Crippen LogP contribution in [0.4, 0.5) is 0 Å². The highest BCUT2D eigenvalue weighted by Crippen LogP contribution is 2.35. The van der Waals surface area contributed by atoms with Gasteiger partial charge in [-0.3, -0.25) is 9.69 Å². The summed E-state index contributed by atoms with van der Waals surface area (Å²) in [6.07, 6.45) is 6.56. The van der Waals surface area contributed by atoms with Crippen molar-refractivity contribution >= 4 is 5.78 Å². The third-order valence-electron chi connectivity index (χ3n) is 8.12. The predicted molar refractivity (Wildman–Crippen MR) is 140 cm³/mol. The highest BCUT2D eigenvalue weighted by molar-refractivity contribution is 5.88. The number of nitrogens with zero attached hydrogens (tertiary/aromatic N) is 2. The van der Waals surface area contributed by atoms with Crippen LogP contribution in [0.1, 0.15) is 55.6 Å². The number of carbonyl (C=O) groups is 1. The van der Waals surface area contributed by atoms with Crippen molar-refractivity contribution in [2.75, 3.05) is 46.4 Å². The molecule has 3 aliphatic rings. The predicted octanol–water partition coefficient (Wildman–Crippen LogP) is 4.87. The average molecular weight is 493 g/mol. The summed E-state index contributed by atoms with van der Waals surface area (Å²) in [5.41, 5.74) is 2.31. The number of benzene rings is 2. The first-order valence-corrected chi connectivity index (χ1v) is 13.7. The summed E-state index contributed by atoms with van der Waals surface area (Å²) >= 11 is 0. The Morgan fingerprint density at radius 3 is 2.47 bits per heavy atom. The maximum atomic E-state index is 13.8. The van der Waals surface area contributed by atoms with Crippen LogP contribution >= 0.6 is 0 Å². The number of methoxy groups -OCH3 is 1. The highest BCUT2D eigenvalue weighted by Gasteiger charge is 2.33. The molecule has 5 rings (SSSR count). The largest absolute Gasteiger partial charge is 0.484 e. The van der Waals surface area contributed by atoms with Gasteiger partial charge >= 0.3 is 0 Å². The van der Waals surface area contributed by atoms with Gasteiger partial charge in [-0.1, -0.05) is 55.7 Å². The van der Waals surface area contributed by atoms with Gasteiger partial charge in [0, 0.05) is 45.1 Å². The zero-order valence-electron chi connectivity index (χ0n) is 21.6. The van der Waals surface area contributed by atoms with Gasteiger partial charge in [0.1, 0.15) is 12.4 Å². The Labute approximate surface area is 215 Å². The van der Waals surface area contributed by atoms with E-state index >= 15 is 0 Å². The molecule has 0 bridgehead atoms. The lowest BCUT2D eigenvalue weighted by Crippen LogP contribution is -2.54. The topological polar surface area (TPSA) is 51.2 Å². The van der Waals surface area contributed by atoms with Gasteiger partial charge in [-0.05, 0) is 49.1 Å². The number of ether oxygens (including phenoxy) is 3. The Hall–Kier alpha value is -2.41. The lowest BCUT2D eigenvalue weighted by atomic mass is 9.77. The fourth-order valence-corrected chi connectivity index (χ4v) is 6.06. The number of fused-ring (bicyclic) bond motifs is 1. The van der Waals surface area contributed by atoms with Crippen molar-refractivity contribution in [2.24, 2.45) is 5.92 Å². The summed E-state index contributed by atoms with van der Waals surface area (Å²) < 4.78 is 17.6. The second-order valence-corrected chi connectivity index (χ2v) is 10.4. The van der Waals surface area contributed by atoms with Crippen molar-refractivity contribution < 1.29 is 19.0 Å². The number of rotatable bonds is 9. The van der Waals surface area contributed by atoms with Gasteiger partial charge in [0.15, 0.2) is 17.7 Å². The summed E-state index contributed by atoms with van der Waals surface area (Å²) in [5.74, 6) is 2.26. The van der Waals surface area contributed by atoms with E-state index in [1.54, 1.807) is 7.11 Å². The smallest absolute Gasteiger partial charge is 0.187 e. The molecule has 2 unspecified atom stereocenters. The highest BCUT2D eigenvalue weighted by atomic mass is 16.6. The minimum absolute atomic E-state index is 0.0383. The van der Waals surface area contributed by atoms with Crippen molar-refractivity contribution in [3.63, 3.8) is 0 Å². The van der Waals surface area contributed by atoms with Crippen LogP contribution in [-0.4, -0.2) is 68.3 Å². The molecule has 1 saturated carbocycles. The molecule has 0 N–H and O–H groups in total. The van der Waals surface area contributed by atoms with E-state index in [4.69, 9.17) is 14.2 Å². The van der Waals surface area contributed by atoms with E-state index < -0.39 is 0 Å². The summed E-state index contributed by atoms with van der Waals surface area (Å²) in [4.78, 5) is 18.7. The quantitative estimate of drug-likeness (QED) is 0.498. The lowest BCUT2D eigenvalue weighted by molar-refractivity contribution is -0.125. The second kappa shape index (κ2) is 12.2. The summed E-state index contributed by atoms with van der Waals surface area (Å²) in [6.45, 7) is 5.89. The van der Waals surface area contributed by atoms with Crippen LogP contribution in [-0.2, 0) is 16.1 Å². The summed E-state index contributed by atoms with van der Waals surface area (Å²) in [5, 5.41) is 0. The average Bonchev–Trinajstić information content (AvgIpc) is 2.94. The van der Waals surface area contributed by atoms with E-state index in [0.717, 1.165) is 69.0 Å². The summed E-state index contributed by atoms with van der Waals surface area (Å²) in [6, 6.07) is 16.3. The molecule has 6 heteroatoms. The molecule has 6 nitrogen and oxygen atoms in total. The van der Waals surface area contributed by atoms with Gasteiger partial charge < -0.3 is 19.1 Å². The fourth-order valence-electron chi connectivity index (χ4n) is 6.06. The molecule has 194 valence electrons. The molecule has 2 heterocycles. The zero-order valence-corrected chi connectivity index (χ0v) is 21.6. The number of para-hydroxylation sites is 2. The van der Waals surface area contributed by atoms with Gasteiger partial charge in [-0.15, -0.1) is 0 Å². The number of Topliss-reactive ketones (excluding diaryl/α,β-unsaturated/α-hetero) is 1. The van der Waals surface area contributed by atoms with E-state index in [1.807, 2.05) is 24.3 Å². The van der Waals surface area contributed by atoms with Crippen molar-refractivity contribution in [1.82, 2.24) is 9.80 Å². The Morgan fingerprint density at radius 2 is 1.69 bits per heavy atom. The molecule has 36 heavy (non-hydrogen) atoms. The minimum atomic E-state index is -0.0518. The maximum absolute atomic E-state index is 13.8. The van der Waals surface area contributed by atoms with Gasteiger partial charge in [0.25, 0.3) is 0 Å². The molecular formula is C30H40N2O4. The molecule has 0 spiro atoms. The van der Waals surface area contributed by atoms with E-state index in [-0.39, 0.29) is 18.1 Å². The normalized spacial score (nSPS) is 22.3. The Bertz CT molecular complexity index is 998. The first-order valence-electron chi connectivity index (χ1n) is 13.7. The van der Waals surface area contributed by atoms with Crippen LogP contribution in [0.2, 0.25) is 0 Å². The van der Waals surface area contributed by atoms with Crippen LogP contribution in [0.5, 0.6) is 11.5 Å². The monoisotopic (exact) mass is 492 g/mol. The first kappa shape index (κ1) is 25.2. The summed E-state index contributed by atoms with van der Waals surface area (Å²) in [7, 11) is 1.73. The van der Waals surface area contributed by atoms with Gasteiger partial charge in [-0.2, -0.15) is 0 Å². The molecule has 2 aliphatic heterocycles. The van der Waals surface area contributed by atoms with E-state index in [9.17, 15) is 4.79 Å². The Balaban J connectivity index is 1.20. The van der Waals surface area contributed by atoms with Gasteiger partial charge in [0.05, 0.1) is 6.61 Å². The molecule has 2 aromatic carbocycles. The number of ketones is 1. The Morgan fingerprint density at radius 1 is 0.972 bits per heavy atom. The SMILES string of the molecule is COCc1ccccc1C(CCN1CCN(C2COc3ccccc3O2)CC1)C(=O)C1CCCCC1. The van der Waals surface area contributed by atoms with Gasteiger partial charge in [0.2, 0.25) is 0 Å². The Kier molecular flexibility index (Phi) is 8.57. The van der Waals surface area contributed by atoms with Crippen molar-refractivity contribution in [2.45, 2.75) is 57.3 Å². The van der Waals surface area contributed by atoms with Crippen LogP contribution < -0.4 is 9.47 Å². The molecule has 2 fully saturated rings. The van der Waals surface area contributed by atoms with Crippen molar-refractivity contribution in [3.8, 4) is 11.5 Å². The third kappa shape index (κ3) is 5.93. The van der Waals surface area contributed by atoms with Crippen molar-refractivity contribution in [1.29, 1.82) is 0 Å². The molecular weight excluding hydrogens is 452 g/mol. The van der Waals surface area contributed by atoms with Crippen LogP contribution in [0.3, 0.4) is 0 Å². The minimum Gasteiger partial charge on any atom is -0.484 e. The molecule has 1 aliphatic carbocycles. The fraction of sp³-hybridized carbons (Fsp3) is 0.567. The standard InChI is InChI=1S/C30H40N2O4/c1-34-21-24-11-5-6-12-25(24)26(30(33)23-9-3-2-4-10-23)15-16-31-17-19-32(20-18-31)29-22-35-27-13-7-8-14-28(27)36-29/h5-8,11-14,23,26,29H,2-4,9-10,15-22H2,1H3. The van der Waals surface area contributed by atoms with E-state index in [1.165, 1.54) is 24.8 Å². The van der Waals surface area contributed by atoms with Crippen LogP contribution in [0.25, 0.3) is 0 Å². The number of carbonyl (C=O) groups excluding carboxylic acids is 1. The van der Waals surface area contributed by atoms with E-state index in [2.05, 4.69) is 34.1 Å². The van der Waals surface area contributed by atoms with Crippen LogP contribution in [0, 0.1) is 5.92 Å². The first-order chi connectivity index (χ1) is 17.7. The zero-order chi connectivity index (χ0) is 24.7. The van der Waals surface area contributed by atoms with Crippen molar-refractivity contribution in [3.05, 3.63) is 59.7 Å². The molecule has 2 atom stereocenters. The van der Waals surface area contributed by atoms with Gasteiger partial charge in [-0.25, -0.2) is 0 Å². The second-order valence-electron chi connectivity index (χ2n) is 10.4. The number of hydrogen-bond acceptors (Lipinski definition) is 6. The lowest BCUT2D eigenvalue weighted by Gasteiger charge is -2.40. The molecule has 1 saturated heterocycles. The number of piperazine rings is 1. The number of hydrogen-bond donors (Lipinski definition) is 0.